The maximum absolute atomic E-state index is 6.33. The van der Waals surface area contributed by atoms with Crippen molar-refractivity contribution in [3.63, 3.8) is 0 Å². The lowest BCUT2D eigenvalue weighted by atomic mass is 9.98. The summed E-state index contributed by atoms with van der Waals surface area (Å²) in [6.45, 7) is 0. The van der Waals surface area contributed by atoms with E-state index in [1.54, 1.807) is 0 Å². The van der Waals surface area contributed by atoms with Crippen LogP contribution in [0.3, 0.4) is 0 Å². The molecule has 0 fully saturated rings. The van der Waals surface area contributed by atoms with Gasteiger partial charge in [0, 0.05) is 27.4 Å². The lowest BCUT2D eigenvalue weighted by Crippen LogP contribution is -2.11. The normalized spacial score (nSPS) is 11.7. The monoisotopic (exact) mass is 551 g/mol. The van der Waals surface area contributed by atoms with Crippen LogP contribution in [0.4, 0.5) is 17.1 Å². The van der Waals surface area contributed by atoms with Gasteiger partial charge in [0.2, 0.25) is 0 Å². The first-order valence-electron chi connectivity index (χ1n) is 14.5. The third-order valence-electron chi connectivity index (χ3n) is 8.43. The topological polar surface area (TPSA) is 29.5 Å². The fourth-order valence-electron chi connectivity index (χ4n) is 6.47. The Balaban J connectivity index is 1.30. The Morgan fingerprint density at radius 1 is 0.395 bits per heavy atom. The summed E-state index contributed by atoms with van der Waals surface area (Å²) in [4.78, 5) is 2.35. The molecular formula is C40H25NO2. The number of benzene rings is 7. The van der Waals surface area contributed by atoms with Crippen LogP contribution in [0.15, 0.2) is 160 Å². The molecule has 0 amide bonds. The molecule has 0 aliphatic rings. The van der Waals surface area contributed by atoms with E-state index in [-0.39, 0.29) is 0 Å². The number of hydrogen-bond donors (Lipinski definition) is 0. The molecule has 0 aliphatic carbocycles. The number of anilines is 3. The average molecular weight is 552 g/mol. The number of furan rings is 2. The maximum Gasteiger partial charge on any atom is 0.137 e. The van der Waals surface area contributed by atoms with Crippen molar-refractivity contribution in [3.05, 3.63) is 152 Å². The summed E-state index contributed by atoms with van der Waals surface area (Å²) in [5, 5.41) is 6.83. The Kier molecular flexibility index (Phi) is 5.20. The summed E-state index contributed by atoms with van der Waals surface area (Å²) >= 11 is 0. The van der Waals surface area contributed by atoms with E-state index in [4.69, 9.17) is 8.83 Å². The van der Waals surface area contributed by atoms with Gasteiger partial charge in [0.05, 0.1) is 16.8 Å². The number of hydrogen-bond acceptors (Lipinski definition) is 3. The average Bonchev–Trinajstić information content (AvgIpc) is 3.62. The second-order valence-corrected chi connectivity index (χ2v) is 10.9. The van der Waals surface area contributed by atoms with Gasteiger partial charge in [-0.2, -0.15) is 0 Å². The Hall–Kier alpha value is -5.80. The minimum Gasteiger partial charge on any atom is -0.456 e. The first-order valence-corrected chi connectivity index (χ1v) is 14.5. The molecule has 202 valence electrons. The Labute approximate surface area is 247 Å². The van der Waals surface area contributed by atoms with Gasteiger partial charge in [-0.3, -0.25) is 0 Å². The first-order chi connectivity index (χ1) is 21.3. The highest BCUT2D eigenvalue weighted by Gasteiger charge is 2.22. The molecule has 7 aromatic carbocycles. The van der Waals surface area contributed by atoms with Gasteiger partial charge < -0.3 is 13.7 Å². The predicted octanol–water partition coefficient (Wildman–Crippen LogP) is 11.8. The number of fused-ring (bicyclic) bond motifs is 7. The van der Waals surface area contributed by atoms with Crippen molar-refractivity contribution in [2.45, 2.75) is 0 Å². The molecule has 2 aromatic heterocycles. The molecule has 0 saturated heterocycles. The van der Waals surface area contributed by atoms with Gasteiger partial charge in [-0.25, -0.2) is 0 Å². The van der Waals surface area contributed by atoms with Crippen LogP contribution in [0.2, 0.25) is 0 Å². The lowest BCUT2D eigenvalue weighted by Gasteiger charge is -2.28. The molecule has 43 heavy (non-hydrogen) atoms. The Bertz CT molecular complexity index is 2470. The molecule has 0 atom stereocenters. The third-order valence-corrected chi connectivity index (χ3v) is 8.43. The van der Waals surface area contributed by atoms with Crippen LogP contribution < -0.4 is 4.90 Å². The lowest BCUT2D eigenvalue weighted by molar-refractivity contribution is 0.669. The second-order valence-electron chi connectivity index (χ2n) is 10.9. The molecular weight excluding hydrogens is 526 g/mol. The van der Waals surface area contributed by atoms with E-state index < -0.39 is 0 Å². The zero-order chi connectivity index (χ0) is 28.3. The fourth-order valence-corrected chi connectivity index (χ4v) is 6.47. The van der Waals surface area contributed by atoms with Crippen LogP contribution in [0.5, 0.6) is 0 Å². The standard InChI is InChI=1S/C40H25NO2/c1-2-13-29(14-3-1)41(35-18-10-20-38-40(35)31-16-7-9-19-36(31)42-38)34-17-8-6-15-30(34)28-21-22-37-32(24-28)33-23-26-11-4-5-12-27(26)25-39(33)43-37/h1-25H. The van der Waals surface area contributed by atoms with E-state index in [0.29, 0.717) is 0 Å². The zero-order valence-electron chi connectivity index (χ0n) is 23.2. The SMILES string of the molecule is c1ccc(N(c2ccccc2-c2ccc3oc4cc5ccccc5cc4c3c2)c2cccc3oc4ccccc4c23)cc1. The quantitative estimate of drug-likeness (QED) is 0.218. The number of rotatable bonds is 4. The van der Waals surface area contributed by atoms with Crippen molar-refractivity contribution in [1.82, 2.24) is 0 Å². The molecule has 0 unspecified atom stereocenters. The summed E-state index contributed by atoms with van der Waals surface area (Å²) in [6.07, 6.45) is 0. The van der Waals surface area contributed by atoms with E-state index in [1.165, 1.54) is 10.8 Å². The highest BCUT2D eigenvalue weighted by Crippen LogP contribution is 2.46. The van der Waals surface area contributed by atoms with Crippen LogP contribution in [0.25, 0.3) is 65.8 Å². The summed E-state index contributed by atoms with van der Waals surface area (Å²) in [6, 6.07) is 53.1. The van der Waals surface area contributed by atoms with Gasteiger partial charge in [-0.05, 0) is 77.0 Å². The van der Waals surface area contributed by atoms with E-state index in [9.17, 15) is 0 Å². The van der Waals surface area contributed by atoms with Crippen molar-refractivity contribution < 1.29 is 8.83 Å². The molecule has 0 radical (unpaired) electrons. The highest BCUT2D eigenvalue weighted by atomic mass is 16.3. The number of nitrogens with zero attached hydrogens (tertiary/aromatic N) is 1. The van der Waals surface area contributed by atoms with Gasteiger partial charge in [-0.1, -0.05) is 91.0 Å². The van der Waals surface area contributed by atoms with Crippen molar-refractivity contribution in [1.29, 1.82) is 0 Å². The van der Waals surface area contributed by atoms with E-state index in [1.807, 2.05) is 12.1 Å². The molecule has 0 spiro atoms. The van der Waals surface area contributed by atoms with Crippen LogP contribution in [-0.4, -0.2) is 0 Å². The Morgan fingerprint density at radius 3 is 1.95 bits per heavy atom. The van der Waals surface area contributed by atoms with Gasteiger partial charge in [0.15, 0.2) is 0 Å². The van der Waals surface area contributed by atoms with Gasteiger partial charge in [0.25, 0.3) is 0 Å². The minimum atomic E-state index is 0.871. The molecule has 9 aromatic rings. The largest absolute Gasteiger partial charge is 0.456 e. The smallest absolute Gasteiger partial charge is 0.137 e. The summed E-state index contributed by atoms with van der Waals surface area (Å²) in [5.74, 6) is 0. The number of para-hydroxylation sites is 3. The van der Waals surface area contributed by atoms with E-state index >= 15 is 0 Å². The van der Waals surface area contributed by atoms with Gasteiger partial charge in [-0.15, -0.1) is 0 Å². The second kappa shape index (κ2) is 9.37. The maximum atomic E-state index is 6.33. The summed E-state index contributed by atoms with van der Waals surface area (Å²) in [7, 11) is 0. The first kappa shape index (κ1) is 23.9. The summed E-state index contributed by atoms with van der Waals surface area (Å²) < 4.78 is 12.6. The molecule has 0 N–H and O–H groups in total. The molecule has 2 heterocycles. The van der Waals surface area contributed by atoms with Crippen molar-refractivity contribution in [2.75, 3.05) is 4.90 Å². The molecule has 0 aliphatic heterocycles. The molecule has 9 rings (SSSR count). The molecule has 0 saturated carbocycles. The molecule has 3 nitrogen and oxygen atoms in total. The molecule has 0 bridgehead atoms. The van der Waals surface area contributed by atoms with Crippen molar-refractivity contribution >= 4 is 71.7 Å². The van der Waals surface area contributed by atoms with E-state index in [0.717, 1.165) is 72.1 Å². The Morgan fingerprint density at radius 2 is 1.05 bits per heavy atom. The van der Waals surface area contributed by atoms with Gasteiger partial charge in [0.1, 0.15) is 22.3 Å². The van der Waals surface area contributed by atoms with Crippen LogP contribution in [0.1, 0.15) is 0 Å². The minimum absolute atomic E-state index is 0.871. The molecule has 3 heteroatoms. The third kappa shape index (κ3) is 3.75. The van der Waals surface area contributed by atoms with Crippen LogP contribution >= 0.6 is 0 Å². The van der Waals surface area contributed by atoms with Crippen LogP contribution in [-0.2, 0) is 0 Å². The highest BCUT2D eigenvalue weighted by molar-refractivity contribution is 6.14. The summed E-state index contributed by atoms with van der Waals surface area (Å²) in [5.41, 5.74) is 9.05. The fraction of sp³-hybridized carbons (Fsp3) is 0. The van der Waals surface area contributed by atoms with Gasteiger partial charge >= 0.3 is 0 Å². The zero-order valence-corrected chi connectivity index (χ0v) is 23.2. The van der Waals surface area contributed by atoms with Crippen molar-refractivity contribution in [2.24, 2.45) is 0 Å². The van der Waals surface area contributed by atoms with E-state index in [2.05, 4.69) is 144 Å². The predicted molar refractivity (Wildman–Crippen MR) is 179 cm³/mol. The van der Waals surface area contributed by atoms with Crippen molar-refractivity contribution in [3.8, 4) is 11.1 Å². The van der Waals surface area contributed by atoms with Crippen LogP contribution in [0, 0.1) is 0 Å².